The molecule has 8 nitrogen and oxygen atoms in total. The van der Waals surface area contributed by atoms with Crippen LogP contribution < -0.4 is 16.0 Å². The smallest absolute Gasteiger partial charge is 0.322 e. The largest absolute Gasteiger partial charge is 0.441 e. The molecule has 0 bridgehead atoms. The molecule has 1 aliphatic rings. The zero-order chi connectivity index (χ0) is 16.9. The Hall–Kier alpha value is -2.90. The number of hydrogen-bond donors (Lipinski definition) is 3. The molecule has 1 aliphatic heterocycles. The Bertz CT molecular complexity index is 737. The van der Waals surface area contributed by atoms with Crippen LogP contribution in [0.3, 0.4) is 0 Å². The van der Waals surface area contributed by atoms with Crippen LogP contribution in [-0.4, -0.2) is 35.4 Å². The lowest BCUT2D eigenvalue weighted by Gasteiger charge is -2.07. The Morgan fingerprint density at radius 3 is 2.88 bits per heavy atom. The van der Waals surface area contributed by atoms with Crippen molar-refractivity contribution in [2.24, 2.45) is 0 Å². The van der Waals surface area contributed by atoms with E-state index in [2.05, 4.69) is 20.9 Å². The van der Waals surface area contributed by atoms with E-state index in [9.17, 15) is 14.4 Å². The molecule has 1 aromatic carbocycles. The lowest BCUT2D eigenvalue weighted by atomic mass is 10.1. The van der Waals surface area contributed by atoms with Gasteiger partial charge in [0.25, 0.3) is 5.91 Å². The van der Waals surface area contributed by atoms with Crippen molar-refractivity contribution < 1.29 is 18.8 Å². The summed E-state index contributed by atoms with van der Waals surface area (Å²) in [6.45, 7) is 0.501. The summed E-state index contributed by atoms with van der Waals surface area (Å²) in [5.41, 5.74) is 1.59. The molecular weight excluding hydrogens is 312 g/mol. The second kappa shape index (κ2) is 7.12. The second-order valence-electron chi connectivity index (χ2n) is 5.58. The SMILES string of the molecule is O=C(CCC1NC(=O)NC1=O)NCCCc1nc2ccccc2o1. The number of benzene rings is 1. The van der Waals surface area contributed by atoms with E-state index in [1.165, 1.54) is 0 Å². The number of imide groups is 1. The predicted octanol–water partition coefficient (Wildman–Crippen LogP) is 0.865. The molecule has 3 N–H and O–H groups in total. The number of rotatable bonds is 7. The monoisotopic (exact) mass is 330 g/mol. The molecule has 0 aliphatic carbocycles. The minimum Gasteiger partial charge on any atom is -0.441 e. The van der Waals surface area contributed by atoms with Crippen molar-refractivity contribution in [3.8, 4) is 0 Å². The Balaban J connectivity index is 1.35. The molecule has 1 saturated heterocycles. The van der Waals surface area contributed by atoms with Gasteiger partial charge in [0, 0.05) is 19.4 Å². The topological polar surface area (TPSA) is 113 Å². The zero-order valence-electron chi connectivity index (χ0n) is 13.0. The molecule has 2 heterocycles. The van der Waals surface area contributed by atoms with Crippen LogP contribution in [0.15, 0.2) is 28.7 Å². The van der Waals surface area contributed by atoms with Gasteiger partial charge < -0.3 is 15.1 Å². The van der Waals surface area contributed by atoms with Crippen molar-refractivity contribution in [3.05, 3.63) is 30.2 Å². The number of fused-ring (bicyclic) bond motifs is 1. The fraction of sp³-hybridized carbons (Fsp3) is 0.375. The minimum absolute atomic E-state index is 0.151. The third-order valence-electron chi connectivity index (χ3n) is 3.75. The van der Waals surface area contributed by atoms with Gasteiger partial charge in [0.2, 0.25) is 5.91 Å². The minimum atomic E-state index is -0.622. The van der Waals surface area contributed by atoms with Crippen molar-refractivity contribution in [2.45, 2.75) is 31.7 Å². The van der Waals surface area contributed by atoms with Gasteiger partial charge in [-0.15, -0.1) is 0 Å². The first-order valence-corrected chi connectivity index (χ1v) is 7.84. The number of para-hydroxylation sites is 2. The van der Waals surface area contributed by atoms with E-state index in [4.69, 9.17) is 4.42 Å². The third kappa shape index (κ3) is 3.89. The van der Waals surface area contributed by atoms with Gasteiger partial charge in [0.05, 0.1) is 0 Å². The lowest BCUT2D eigenvalue weighted by molar-refractivity contribution is -0.122. The molecule has 0 saturated carbocycles. The van der Waals surface area contributed by atoms with Crippen LogP contribution >= 0.6 is 0 Å². The Kier molecular flexibility index (Phi) is 4.74. The normalized spacial score (nSPS) is 16.9. The molecule has 8 heteroatoms. The number of aryl methyl sites for hydroxylation is 1. The Labute approximate surface area is 138 Å². The summed E-state index contributed by atoms with van der Waals surface area (Å²) in [7, 11) is 0. The molecule has 2 aromatic rings. The second-order valence-corrected chi connectivity index (χ2v) is 5.58. The summed E-state index contributed by atoms with van der Waals surface area (Å²) in [5.74, 6) is 0.112. The standard InChI is InChI=1S/C16H18N4O4/c21-13(8-7-11-15(22)20-16(23)19-11)17-9-3-6-14-18-10-4-1-2-5-12(10)24-14/h1-2,4-5,11H,3,6-9H2,(H,17,21)(H2,19,20,22,23). The average molecular weight is 330 g/mol. The fourth-order valence-electron chi connectivity index (χ4n) is 2.52. The number of hydrogen-bond acceptors (Lipinski definition) is 5. The van der Waals surface area contributed by atoms with Gasteiger partial charge >= 0.3 is 6.03 Å². The van der Waals surface area contributed by atoms with Crippen LogP contribution in [-0.2, 0) is 16.0 Å². The van der Waals surface area contributed by atoms with Crippen molar-refractivity contribution in [3.63, 3.8) is 0 Å². The Morgan fingerprint density at radius 1 is 1.29 bits per heavy atom. The number of oxazole rings is 1. The Morgan fingerprint density at radius 2 is 2.12 bits per heavy atom. The summed E-state index contributed by atoms with van der Waals surface area (Å²) in [5, 5.41) is 7.38. The number of amides is 4. The number of carbonyl (C=O) groups excluding carboxylic acids is 3. The van der Waals surface area contributed by atoms with E-state index < -0.39 is 12.1 Å². The number of nitrogens with one attached hydrogen (secondary N) is 3. The quantitative estimate of drug-likeness (QED) is 0.515. The lowest BCUT2D eigenvalue weighted by Crippen LogP contribution is -2.32. The average Bonchev–Trinajstić information content (AvgIpc) is 3.11. The molecule has 1 atom stereocenters. The van der Waals surface area contributed by atoms with Crippen LogP contribution in [0.2, 0.25) is 0 Å². The molecule has 0 spiro atoms. The number of carbonyl (C=O) groups is 3. The first-order chi connectivity index (χ1) is 11.6. The van der Waals surface area contributed by atoms with E-state index in [0.29, 0.717) is 25.3 Å². The van der Waals surface area contributed by atoms with Crippen LogP contribution in [0, 0.1) is 0 Å². The maximum Gasteiger partial charge on any atom is 0.322 e. The molecule has 24 heavy (non-hydrogen) atoms. The number of nitrogens with zero attached hydrogens (tertiary/aromatic N) is 1. The van der Waals surface area contributed by atoms with Crippen molar-refractivity contribution >= 4 is 28.9 Å². The fourth-order valence-corrected chi connectivity index (χ4v) is 2.52. The first-order valence-electron chi connectivity index (χ1n) is 7.84. The van der Waals surface area contributed by atoms with Crippen molar-refractivity contribution in [1.29, 1.82) is 0 Å². The molecule has 3 rings (SSSR count). The molecule has 1 fully saturated rings. The van der Waals surface area contributed by atoms with Gasteiger partial charge in [0.1, 0.15) is 11.6 Å². The molecule has 0 radical (unpaired) electrons. The highest BCUT2D eigenvalue weighted by Gasteiger charge is 2.29. The third-order valence-corrected chi connectivity index (χ3v) is 3.75. The van der Waals surface area contributed by atoms with Crippen molar-refractivity contribution in [1.82, 2.24) is 20.9 Å². The predicted molar refractivity (Wildman–Crippen MR) is 85.0 cm³/mol. The maximum absolute atomic E-state index is 11.7. The van der Waals surface area contributed by atoms with Gasteiger partial charge in [-0.25, -0.2) is 9.78 Å². The summed E-state index contributed by atoms with van der Waals surface area (Å²) >= 11 is 0. The highest BCUT2D eigenvalue weighted by molar-refractivity contribution is 6.04. The zero-order valence-corrected chi connectivity index (χ0v) is 13.0. The van der Waals surface area contributed by atoms with Gasteiger partial charge in [-0.3, -0.25) is 14.9 Å². The summed E-state index contributed by atoms with van der Waals surface area (Å²) < 4.78 is 5.60. The summed E-state index contributed by atoms with van der Waals surface area (Å²) in [6, 6.07) is 6.42. The van der Waals surface area contributed by atoms with Crippen LogP contribution in [0.25, 0.3) is 11.1 Å². The van der Waals surface area contributed by atoms with Gasteiger partial charge in [0.15, 0.2) is 11.5 Å². The molecule has 126 valence electrons. The van der Waals surface area contributed by atoms with E-state index in [0.717, 1.165) is 11.1 Å². The van der Waals surface area contributed by atoms with Gasteiger partial charge in [-0.2, -0.15) is 0 Å². The molecule has 1 unspecified atom stereocenters. The highest BCUT2D eigenvalue weighted by atomic mass is 16.3. The van der Waals surface area contributed by atoms with E-state index in [1.54, 1.807) is 0 Å². The van der Waals surface area contributed by atoms with E-state index in [-0.39, 0.29) is 24.7 Å². The number of urea groups is 1. The van der Waals surface area contributed by atoms with Crippen LogP contribution in [0.5, 0.6) is 0 Å². The van der Waals surface area contributed by atoms with Crippen LogP contribution in [0.4, 0.5) is 4.79 Å². The van der Waals surface area contributed by atoms with Gasteiger partial charge in [-0.1, -0.05) is 12.1 Å². The number of aromatic nitrogens is 1. The maximum atomic E-state index is 11.7. The molecule has 1 aromatic heterocycles. The highest BCUT2D eigenvalue weighted by Crippen LogP contribution is 2.15. The molecule has 4 amide bonds. The summed E-state index contributed by atoms with van der Waals surface area (Å²) in [4.78, 5) is 38.4. The first kappa shape index (κ1) is 16.0. The van der Waals surface area contributed by atoms with Crippen LogP contribution in [0.1, 0.15) is 25.2 Å². The summed E-state index contributed by atoms with van der Waals surface area (Å²) in [6.07, 6.45) is 1.81. The van der Waals surface area contributed by atoms with E-state index >= 15 is 0 Å². The van der Waals surface area contributed by atoms with E-state index in [1.807, 2.05) is 24.3 Å². The molecular formula is C16H18N4O4. The van der Waals surface area contributed by atoms with Gasteiger partial charge in [-0.05, 0) is 25.0 Å². The van der Waals surface area contributed by atoms with Crippen molar-refractivity contribution in [2.75, 3.05) is 6.54 Å².